The molecule has 1 fully saturated rings. The zero-order valence-electron chi connectivity index (χ0n) is 16.2. The van der Waals surface area contributed by atoms with E-state index in [1.54, 1.807) is 42.1 Å². The molecule has 0 saturated carbocycles. The number of nitrogens with one attached hydrogen (secondary N) is 1. The van der Waals surface area contributed by atoms with Crippen LogP contribution in [0.25, 0.3) is 0 Å². The number of anilines is 1. The van der Waals surface area contributed by atoms with Crippen molar-refractivity contribution in [1.29, 1.82) is 0 Å². The van der Waals surface area contributed by atoms with E-state index in [2.05, 4.69) is 5.32 Å². The minimum absolute atomic E-state index is 0.0906. The summed E-state index contributed by atoms with van der Waals surface area (Å²) in [5.41, 5.74) is 2.91. The maximum absolute atomic E-state index is 13.3. The summed E-state index contributed by atoms with van der Waals surface area (Å²) in [7, 11) is 0. The number of aryl methyl sites for hydroxylation is 1. The summed E-state index contributed by atoms with van der Waals surface area (Å²) in [4.78, 5) is 24.9. The number of aliphatic hydroxyl groups excluding tert-OH is 1. The predicted octanol–water partition coefficient (Wildman–Crippen LogP) is 3.00. The molecule has 8 heteroatoms. The fourth-order valence-corrected chi connectivity index (χ4v) is 4.47. The first-order valence-corrected chi connectivity index (χ1v) is 10.3. The lowest BCUT2D eigenvalue weighted by atomic mass is 10.1. The Morgan fingerprint density at radius 2 is 2.00 bits per heavy atom. The van der Waals surface area contributed by atoms with Crippen LogP contribution in [0, 0.1) is 12.7 Å². The number of hydrogen-bond donors (Lipinski definition) is 2. The number of ether oxygens (including phenoxy) is 1. The summed E-state index contributed by atoms with van der Waals surface area (Å²) in [6, 6.07) is 11.4. The third-order valence-corrected chi connectivity index (χ3v) is 5.86. The second-order valence-corrected chi connectivity index (χ2v) is 7.86. The van der Waals surface area contributed by atoms with E-state index in [1.165, 1.54) is 19.1 Å². The molecule has 2 aromatic rings. The highest BCUT2D eigenvalue weighted by Gasteiger charge is 2.35. The Kier molecular flexibility index (Phi) is 6.76. The molecule has 2 N–H and O–H groups in total. The smallest absolute Gasteiger partial charge is 0.338 e. The fraction of sp³-hybridized carbons (Fsp3) is 0.333. The number of esters is 1. The first kappa shape index (κ1) is 21.1. The first-order valence-electron chi connectivity index (χ1n) is 9.22. The van der Waals surface area contributed by atoms with E-state index in [1.807, 2.05) is 11.8 Å². The molecule has 0 radical (unpaired) electrons. The number of rotatable bonds is 6. The number of thioether (sulfide) groups is 1. The van der Waals surface area contributed by atoms with Crippen LogP contribution < -0.4 is 10.2 Å². The van der Waals surface area contributed by atoms with E-state index in [9.17, 15) is 19.1 Å². The van der Waals surface area contributed by atoms with Crippen LogP contribution in [0.5, 0.6) is 0 Å². The molecule has 1 aliphatic heterocycles. The quantitative estimate of drug-likeness (QED) is 0.555. The highest BCUT2D eigenvalue weighted by atomic mass is 32.2. The molecule has 2 atom stereocenters. The minimum atomic E-state index is -0.691. The number of nitrogens with zero attached hydrogens (tertiary/aromatic N) is 1. The van der Waals surface area contributed by atoms with E-state index in [4.69, 9.17) is 4.74 Å². The third kappa shape index (κ3) is 5.07. The maximum atomic E-state index is 13.3. The summed E-state index contributed by atoms with van der Waals surface area (Å²) in [5, 5.41) is 12.9. The predicted molar refractivity (Wildman–Crippen MR) is 110 cm³/mol. The molecule has 29 heavy (non-hydrogen) atoms. The molecule has 0 spiro atoms. The van der Waals surface area contributed by atoms with E-state index in [0.717, 1.165) is 16.8 Å². The molecule has 2 aromatic carbocycles. The highest BCUT2D eigenvalue weighted by molar-refractivity contribution is 7.99. The average molecular weight is 418 g/mol. The van der Waals surface area contributed by atoms with Crippen LogP contribution in [0.1, 0.15) is 33.8 Å². The number of aliphatic hydroxyl groups is 1. The van der Waals surface area contributed by atoms with Gasteiger partial charge in [0.2, 0.25) is 5.91 Å². The largest absolute Gasteiger partial charge is 0.460 e. The number of benzene rings is 2. The van der Waals surface area contributed by atoms with Crippen LogP contribution in [-0.4, -0.2) is 42.1 Å². The van der Waals surface area contributed by atoms with Crippen molar-refractivity contribution in [3.05, 3.63) is 65.0 Å². The normalized spacial score (nSPS) is 18.6. The van der Waals surface area contributed by atoms with Crippen molar-refractivity contribution in [2.24, 2.45) is 0 Å². The lowest BCUT2D eigenvalue weighted by molar-refractivity contribution is -0.119. The maximum Gasteiger partial charge on any atom is 0.338 e. The van der Waals surface area contributed by atoms with Crippen molar-refractivity contribution in [1.82, 2.24) is 5.32 Å². The van der Waals surface area contributed by atoms with Gasteiger partial charge in [-0.1, -0.05) is 12.1 Å². The van der Waals surface area contributed by atoms with E-state index in [0.29, 0.717) is 11.3 Å². The van der Waals surface area contributed by atoms with Crippen molar-refractivity contribution in [2.75, 3.05) is 23.8 Å². The molecule has 154 valence electrons. The standard InChI is InChI=1S/C21H23FN2O4S/c1-13-11-16(21(27)28-10-9-23-14(2)25)5-8-18(13)24-19(26)12-29-20(24)15-3-6-17(22)7-4-15/h3-8,11,19-20,26H,9-10,12H2,1-2H3,(H,23,25). The molecule has 1 heterocycles. The second-order valence-electron chi connectivity index (χ2n) is 6.75. The first-order chi connectivity index (χ1) is 13.9. The van der Waals surface area contributed by atoms with Gasteiger partial charge in [-0.2, -0.15) is 0 Å². The minimum Gasteiger partial charge on any atom is -0.460 e. The molecule has 3 rings (SSSR count). The van der Waals surface area contributed by atoms with Crippen molar-refractivity contribution in [3.63, 3.8) is 0 Å². The van der Waals surface area contributed by atoms with Gasteiger partial charge in [0.05, 0.1) is 12.1 Å². The van der Waals surface area contributed by atoms with E-state index < -0.39 is 12.2 Å². The van der Waals surface area contributed by atoms with Gasteiger partial charge in [-0.3, -0.25) is 4.79 Å². The molecule has 0 aliphatic carbocycles. The Morgan fingerprint density at radius 3 is 2.66 bits per heavy atom. The van der Waals surface area contributed by atoms with Gasteiger partial charge in [0.25, 0.3) is 0 Å². The van der Waals surface area contributed by atoms with Crippen LogP contribution in [0.2, 0.25) is 0 Å². The van der Waals surface area contributed by atoms with Gasteiger partial charge in [0, 0.05) is 18.4 Å². The Bertz CT molecular complexity index is 891. The van der Waals surface area contributed by atoms with Crippen LogP contribution in [0.3, 0.4) is 0 Å². The Balaban J connectivity index is 1.75. The summed E-state index contributed by atoms with van der Waals surface area (Å²) in [6.45, 7) is 3.61. The molecule has 0 bridgehead atoms. The van der Waals surface area contributed by atoms with Crippen molar-refractivity contribution < 1.29 is 23.8 Å². The zero-order valence-corrected chi connectivity index (χ0v) is 17.0. The van der Waals surface area contributed by atoms with E-state index >= 15 is 0 Å². The number of halogens is 1. The molecule has 1 aliphatic rings. The van der Waals surface area contributed by atoms with Gasteiger partial charge < -0.3 is 20.1 Å². The summed E-state index contributed by atoms with van der Waals surface area (Å²) < 4.78 is 18.4. The monoisotopic (exact) mass is 418 g/mol. The molecular formula is C21H23FN2O4S. The van der Waals surface area contributed by atoms with Crippen LogP contribution in [-0.2, 0) is 9.53 Å². The van der Waals surface area contributed by atoms with Gasteiger partial charge in [-0.05, 0) is 48.4 Å². The lowest BCUT2D eigenvalue weighted by Crippen LogP contribution is -2.33. The Labute approximate surface area is 173 Å². The van der Waals surface area contributed by atoms with Gasteiger partial charge in [-0.25, -0.2) is 9.18 Å². The number of carbonyl (C=O) groups excluding carboxylic acids is 2. The molecule has 6 nitrogen and oxygen atoms in total. The van der Waals surface area contributed by atoms with Crippen molar-refractivity contribution in [2.45, 2.75) is 25.4 Å². The van der Waals surface area contributed by atoms with Crippen LogP contribution in [0.15, 0.2) is 42.5 Å². The van der Waals surface area contributed by atoms with Gasteiger partial charge >= 0.3 is 5.97 Å². The van der Waals surface area contributed by atoms with Crippen molar-refractivity contribution in [3.8, 4) is 0 Å². The summed E-state index contributed by atoms with van der Waals surface area (Å²) >= 11 is 1.57. The SMILES string of the molecule is CC(=O)NCCOC(=O)c1ccc(N2C(O)CSC2c2ccc(F)cc2)c(C)c1. The number of carbonyl (C=O) groups is 2. The van der Waals surface area contributed by atoms with Crippen LogP contribution in [0.4, 0.5) is 10.1 Å². The summed E-state index contributed by atoms with van der Waals surface area (Å²) in [6.07, 6.45) is -0.691. The Morgan fingerprint density at radius 1 is 1.28 bits per heavy atom. The highest BCUT2D eigenvalue weighted by Crippen LogP contribution is 2.44. The van der Waals surface area contributed by atoms with Gasteiger partial charge in [-0.15, -0.1) is 11.8 Å². The fourth-order valence-electron chi connectivity index (χ4n) is 3.19. The topological polar surface area (TPSA) is 78.9 Å². The molecule has 1 amide bonds. The molecular weight excluding hydrogens is 395 g/mol. The third-order valence-electron chi connectivity index (χ3n) is 4.55. The summed E-state index contributed by atoms with van der Waals surface area (Å²) in [5.74, 6) is -0.439. The molecule has 0 aromatic heterocycles. The second kappa shape index (κ2) is 9.28. The Hall–Kier alpha value is -2.58. The van der Waals surface area contributed by atoms with Gasteiger partial charge in [0.15, 0.2) is 0 Å². The number of amides is 1. The zero-order chi connectivity index (χ0) is 21.0. The van der Waals surface area contributed by atoms with Gasteiger partial charge in [0.1, 0.15) is 24.0 Å². The van der Waals surface area contributed by atoms with E-state index in [-0.39, 0.29) is 30.2 Å². The van der Waals surface area contributed by atoms with Crippen molar-refractivity contribution >= 4 is 29.3 Å². The molecule has 1 saturated heterocycles. The lowest BCUT2D eigenvalue weighted by Gasteiger charge is -2.30. The van der Waals surface area contributed by atoms with Crippen LogP contribution >= 0.6 is 11.8 Å². The average Bonchev–Trinajstić information content (AvgIpc) is 3.06. The molecule has 2 unspecified atom stereocenters. The number of hydrogen-bond acceptors (Lipinski definition) is 6.